The number of thiol groups is 1. The number of fused-ring (bicyclic) bond motifs is 1. The van der Waals surface area contributed by atoms with Crippen LogP contribution in [0.5, 0.6) is 0 Å². The summed E-state index contributed by atoms with van der Waals surface area (Å²) in [6, 6.07) is 0. The van der Waals surface area contributed by atoms with Gasteiger partial charge in [-0.1, -0.05) is 0 Å². The van der Waals surface area contributed by atoms with Crippen molar-refractivity contribution < 1.29 is 0 Å². The summed E-state index contributed by atoms with van der Waals surface area (Å²) >= 11 is 4.08. The summed E-state index contributed by atoms with van der Waals surface area (Å²) in [5.74, 6) is 1.14. The lowest BCUT2D eigenvalue weighted by molar-refractivity contribution is 0.837. The van der Waals surface area contributed by atoms with Crippen LogP contribution in [0.1, 0.15) is 5.82 Å². The van der Waals surface area contributed by atoms with E-state index in [1.54, 1.807) is 23.8 Å². The van der Waals surface area contributed by atoms with Crippen LogP contribution in [-0.2, 0) is 12.8 Å². The maximum Gasteiger partial charge on any atom is 0.295 e. The SMILES string of the molecule is Cn1ccn2c(CS)nnc2c1=O. The van der Waals surface area contributed by atoms with E-state index in [0.717, 1.165) is 0 Å². The first-order valence-electron chi connectivity index (χ1n) is 3.74. The van der Waals surface area contributed by atoms with Crippen molar-refractivity contribution in [2.45, 2.75) is 5.75 Å². The van der Waals surface area contributed by atoms with Gasteiger partial charge in [-0.2, -0.15) is 12.6 Å². The Kier molecular flexibility index (Phi) is 1.84. The van der Waals surface area contributed by atoms with Gasteiger partial charge in [-0.3, -0.25) is 9.20 Å². The highest BCUT2D eigenvalue weighted by Crippen LogP contribution is 2.00. The predicted molar refractivity (Wildman–Crippen MR) is 50.9 cm³/mol. The molecule has 0 saturated carbocycles. The van der Waals surface area contributed by atoms with Gasteiger partial charge in [0.05, 0.1) is 5.75 Å². The maximum atomic E-state index is 11.5. The van der Waals surface area contributed by atoms with Gasteiger partial charge in [-0.15, -0.1) is 10.2 Å². The molecule has 2 aromatic heterocycles. The molecule has 0 radical (unpaired) electrons. The third kappa shape index (κ3) is 1.14. The second kappa shape index (κ2) is 2.88. The van der Waals surface area contributed by atoms with Crippen LogP contribution in [0.3, 0.4) is 0 Å². The molecule has 2 aromatic rings. The zero-order chi connectivity index (χ0) is 9.42. The zero-order valence-corrected chi connectivity index (χ0v) is 7.90. The Morgan fingerprint density at radius 1 is 1.46 bits per heavy atom. The fraction of sp³-hybridized carbons (Fsp3) is 0.286. The van der Waals surface area contributed by atoms with Crippen LogP contribution in [-0.4, -0.2) is 19.2 Å². The van der Waals surface area contributed by atoms with Crippen LogP contribution in [0, 0.1) is 0 Å². The molecule has 0 aromatic carbocycles. The van der Waals surface area contributed by atoms with Gasteiger partial charge in [0, 0.05) is 19.4 Å². The minimum Gasteiger partial charge on any atom is -0.314 e. The van der Waals surface area contributed by atoms with E-state index in [-0.39, 0.29) is 5.56 Å². The number of nitrogens with zero attached hydrogens (tertiary/aromatic N) is 4. The van der Waals surface area contributed by atoms with E-state index in [0.29, 0.717) is 17.2 Å². The number of aromatic nitrogens is 4. The summed E-state index contributed by atoms with van der Waals surface area (Å²) in [4.78, 5) is 11.5. The van der Waals surface area contributed by atoms with Crippen molar-refractivity contribution in [3.05, 3.63) is 28.6 Å². The summed E-state index contributed by atoms with van der Waals surface area (Å²) in [6.45, 7) is 0. The van der Waals surface area contributed by atoms with Gasteiger partial charge < -0.3 is 4.57 Å². The second-order valence-electron chi connectivity index (χ2n) is 2.68. The molecule has 0 atom stereocenters. The maximum absolute atomic E-state index is 11.5. The first kappa shape index (κ1) is 8.31. The van der Waals surface area contributed by atoms with Crippen molar-refractivity contribution in [1.82, 2.24) is 19.2 Å². The third-order valence-electron chi connectivity index (χ3n) is 1.86. The Labute approximate surface area is 79.4 Å². The molecule has 0 spiro atoms. The largest absolute Gasteiger partial charge is 0.314 e. The molecule has 2 rings (SSSR count). The molecular weight excluding hydrogens is 188 g/mol. The Morgan fingerprint density at radius 3 is 2.92 bits per heavy atom. The molecule has 0 unspecified atom stereocenters. The third-order valence-corrected chi connectivity index (χ3v) is 2.14. The lowest BCUT2D eigenvalue weighted by Crippen LogP contribution is -2.18. The van der Waals surface area contributed by atoms with E-state index < -0.39 is 0 Å². The average molecular weight is 196 g/mol. The lowest BCUT2D eigenvalue weighted by Gasteiger charge is -1.97. The van der Waals surface area contributed by atoms with Crippen LogP contribution in [0.2, 0.25) is 0 Å². The fourth-order valence-corrected chi connectivity index (χ4v) is 1.34. The zero-order valence-electron chi connectivity index (χ0n) is 7.01. The summed E-state index contributed by atoms with van der Waals surface area (Å²) in [7, 11) is 1.68. The van der Waals surface area contributed by atoms with Crippen LogP contribution in [0.25, 0.3) is 5.65 Å². The second-order valence-corrected chi connectivity index (χ2v) is 3.00. The van der Waals surface area contributed by atoms with Crippen LogP contribution in [0.15, 0.2) is 17.2 Å². The van der Waals surface area contributed by atoms with Crippen molar-refractivity contribution >= 4 is 18.3 Å². The summed E-state index contributed by atoms with van der Waals surface area (Å²) < 4.78 is 3.11. The number of hydrogen-bond acceptors (Lipinski definition) is 4. The van der Waals surface area contributed by atoms with Crippen LogP contribution >= 0.6 is 12.6 Å². The van der Waals surface area contributed by atoms with Gasteiger partial charge >= 0.3 is 0 Å². The molecule has 0 fully saturated rings. The van der Waals surface area contributed by atoms with E-state index >= 15 is 0 Å². The van der Waals surface area contributed by atoms with Crippen molar-refractivity contribution in [3.63, 3.8) is 0 Å². The Morgan fingerprint density at radius 2 is 2.23 bits per heavy atom. The van der Waals surface area contributed by atoms with Gasteiger partial charge in [0.15, 0.2) is 0 Å². The molecule has 0 saturated heterocycles. The van der Waals surface area contributed by atoms with Crippen LogP contribution < -0.4 is 5.56 Å². The highest BCUT2D eigenvalue weighted by Gasteiger charge is 2.06. The van der Waals surface area contributed by atoms with E-state index in [1.165, 1.54) is 4.57 Å². The number of aryl methyl sites for hydroxylation is 1. The normalized spacial score (nSPS) is 10.9. The smallest absolute Gasteiger partial charge is 0.295 e. The molecule has 5 nitrogen and oxygen atoms in total. The molecular formula is C7H8N4OS. The summed E-state index contributed by atoms with van der Waals surface area (Å²) in [5.41, 5.74) is 0.192. The Balaban J connectivity index is 2.89. The fourth-order valence-electron chi connectivity index (χ4n) is 1.13. The van der Waals surface area contributed by atoms with Gasteiger partial charge in [-0.05, 0) is 0 Å². The van der Waals surface area contributed by atoms with E-state index in [1.807, 2.05) is 0 Å². The molecule has 0 aliphatic heterocycles. The molecule has 0 amide bonds. The molecule has 0 aliphatic carbocycles. The molecule has 68 valence electrons. The summed E-state index contributed by atoms with van der Waals surface area (Å²) in [5, 5.41) is 7.62. The molecule has 0 aliphatic rings. The minimum atomic E-state index is -0.150. The van der Waals surface area contributed by atoms with E-state index in [9.17, 15) is 4.79 Å². The van der Waals surface area contributed by atoms with Crippen molar-refractivity contribution in [1.29, 1.82) is 0 Å². The van der Waals surface area contributed by atoms with E-state index in [2.05, 4.69) is 22.8 Å². The monoisotopic (exact) mass is 196 g/mol. The standard InChI is InChI=1S/C7H8N4OS/c1-10-2-3-11-5(4-13)8-9-6(11)7(10)12/h2-3,13H,4H2,1H3. The highest BCUT2D eigenvalue weighted by atomic mass is 32.1. The predicted octanol–water partition coefficient (Wildman–Crippen LogP) is -0.142. The van der Waals surface area contributed by atoms with Gasteiger partial charge in [0.25, 0.3) is 5.56 Å². The highest BCUT2D eigenvalue weighted by molar-refractivity contribution is 7.79. The quantitative estimate of drug-likeness (QED) is 0.646. The number of hydrogen-bond donors (Lipinski definition) is 1. The van der Waals surface area contributed by atoms with Gasteiger partial charge in [-0.25, -0.2) is 0 Å². The van der Waals surface area contributed by atoms with Crippen molar-refractivity contribution in [2.75, 3.05) is 0 Å². The first-order chi connectivity index (χ1) is 6.24. The topological polar surface area (TPSA) is 52.2 Å². The molecule has 0 N–H and O–H groups in total. The molecule has 6 heteroatoms. The number of rotatable bonds is 1. The van der Waals surface area contributed by atoms with E-state index in [4.69, 9.17) is 0 Å². The van der Waals surface area contributed by atoms with Gasteiger partial charge in [0.1, 0.15) is 5.82 Å². The Bertz CT molecular complexity index is 501. The molecule has 0 bridgehead atoms. The van der Waals surface area contributed by atoms with Crippen molar-refractivity contribution in [2.24, 2.45) is 7.05 Å². The average Bonchev–Trinajstić information content (AvgIpc) is 2.55. The van der Waals surface area contributed by atoms with Crippen LogP contribution in [0.4, 0.5) is 0 Å². The minimum absolute atomic E-state index is 0.150. The molecule has 2 heterocycles. The van der Waals surface area contributed by atoms with Gasteiger partial charge in [0.2, 0.25) is 5.65 Å². The lowest BCUT2D eigenvalue weighted by atomic mass is 10.6. The Hall–Kier alpha value is -1.30. The first-order valence-corrected chi connectivity index (χ1v) is 4.37. The van der Waals surface area contributed by atoms with Crippen molar-refractivity contribution in [3.8, 4) is 0 Å². The molecule has 13 heavy (non-hydrogen) atoms. The summed E-state index contributed by atoms with van der Waals surface area (Å²) in [6.07, 6.45) is 3.42.